The Morgan fingerprint density at radius 1 is 1.19 bits per heavy atom. The van der Waals surface area contributed by atoms with Gasteiger partial charge in [0.2, 0.25) is 5.13 Å². The van der Waals surface area contributed by atoms with E-state index in [1.165, 1.54) is 11.3 Å². The van der Waals surface area contributed by atoms with E-state index in [0.29, 0.717) is 23.1 Å². The number of nitrogens with one attached hydrogen (secondary N) is 2. The number of benzene rings is 2. The molecule has 0 unspecified atom stereocenters. The second kappa shape index (κ2) is 8.64. The molecule has 134 valence electrons. The summed E-state index contributed by atoms with van der Waals surface area (Å²) < 4.78 is 5.21. The Bertz CT molecular complexity index is 900. The second-order valence-corrected chi connectivity index (χ2v) is 6.90. The fourth-order valence-electron chi connectivity index (χ4n) is 2.29. The monoisotopic (exact) mass is 388 g/mol. The first kappa shape index (κ1) is 18.2. The van der Waals surface area contributed by atoms with Crippen LogP contribution in [0.1, 0.15) is 16.1 Å². The predicted molar refractivity (Wildman–Crippen MR) is 103 cm³/mol. The van der Waals surface area contributed by atoms with Crippen molar-refractivity contribution in [2.75, 3.05) is 12.4 Å². The molecule has 6 nitrogen and oxygen atoms in total. The van der Waals surface area contributed by atoms with E-state index >= 15 is 0 Å². The summed E-state index contributed by atoms with van der Waals surface area (Å²) in [6.07, 6.45) is 0.623. The highest BCUT2D eigenvalue weighted by Gasteiger charge is 2.09. The number of nitrogens with zero attached hydrogens (tertiary/aromatic N) is 2. The third-order valence-corrected chi connectivity index (χ3v) is 4.78. The Morgan fingerprint density at radius 3 is 2.85 bits per heavy atom. The van der Waals surface area contributed by atoms with E-state index < -0.39 is 0 Å². The van der Waals surface area contributed by atoms with Gasteiger partial charge in [0.15, 0.2) is 0 Å². The van der Waals surface area contributed by atoms with Crippen molar-refractivity contribution in [3.05, 3.63) is 69.7 Å². The first-order chi connectivity index (χ1) is 12.6. The molecule has 0 bridgehead atoms. The highest BCUT2D eigenvalue weighted by Crippen LogP contribution is 2.21. The van der Waals surface area contributed by atoms with E-state index in [1.807, 2.05) is 42.5 Å². The molecule has 0 saturated heterocycles. The van der Waals surface area contributed by atoms with Gasteiger partial charge in [-0.1, -0.05) is 53.3 Å². The van der Waals surface area contributed by atoms with E-state index in [9.17, 15) is 4.79 Å². The third-order valence-electron chi connectivity index (χ3n) is 3.57. The van der Waals surface area contributed by atoms with Crippen LogP contribution >= 0.6 is 22.9 Å². The molecule has 3 aromatic rings. The Kier molecular flexibility index (Phi) is 6.04. The first-order valence-electron chi connectivity index (χ1n) is 7.87. The summed E-state index contributed by atoms with van der Waals surface area (Å²) in [5.74, 6) is 0.796. The van der Waals surface area contributed by atoms with Gasteiger partial charge in [-0.15, -0.1) is 10.2 Å². The topological polar surface area (TPSA) is 76.1 Å². The molecule has 2 amide bonds. The Morgan fingerprint density at radius 2 is 2.04 bits per heavy atom. The van der Waals surface area contributed by atoms with E-state index in [1.54, 1.807) is 13.2 Å². The molecular formula is C18H17ClN4O2S. The molecule has 0 aliphatic rings. The summed E-state index contributed by atoms with van der Waals surface area (Å²) in [4.78, 5) is 12.0. The van der Waals surface area contributed by atoms with Crippen molar-refractivity contribution in [1.29, 1.82) is 0 Å². The van der Waals surface area contributed by atoms with Gasteiger partial charge in [0.25, 0.3) is 0 Å². The zero-order valence-electron chi connectivity index (χ0n) is 14.0. The number of anilines is 1. The normalized spacial score (nSPS) is 10.4. The van der Waals surface area contributed by atoms with E-state index in [2.05, 4.69) is 20.8 Å². The lowest BCUT2D eigenvalue weighted by Crippen LogP contribution is -2.28. The van der Waals surface area contributed by atoms with Gasteiger partial charge in [0.1, 0.15) is 10.8 Å². The van der Waals surface area contributed by atoms with Crippen molar-refractivity contribution in [3.63, 3.8) is 0 Å². The quantitative estimate of drug-likeness (QED) is 0.666. The number of aromatic nitrogens is 2. The minimum Gasteiger partial charge on any atom is -0.497 e. The average molecular weight is 389 g/mol. The average Bonchev–Trinajstić information content (AvgIpc) is 3.08. The molecule has 0 radical (unpaired) electrons. The summed E-state index contributed by atoms with van der Waals surface area (Å²) in [5, 5.41) is 15.4. The minimum atomic E-state index is -0.353. The van der Waals surface area contributed by atoms with Crippen molar-refractivity contribution in [2.45, 2.75) is 13.0 Å². The highest BCUT2D eigenvalue weighted by atomic mass is 35.5. The number of rotatable bonds is 6. The van der Waals surface area contributed by atoms with Crippen molar-refractivity contribution >= 4 is 34.1 Å². The van der Waals surface area contributed by atoms with Gasteiger partial charge >= 0.3 is 6.03 Å². The lowest BCUT2D eigenvalue weighted by Gasteiger charge is -2.06. The van der Waals surface area contributed by atoms with Crippen LogP contribution in [0.3, 0.4) is 0 Å². The van der Waals surface area contributed by atoms with Gasteiger partial charge in [-0.2, -0.15) is 0 Å². The van der Waals surface area contributed by atoms with Crippen LogP contribution in [0.2, 0.25) is 5.02 Å². The van der Waals surface area contributed by atoms with E-state index in [-0.39, 0.29) is 6.03 Å². The standard InChI is InChI=1S/C18H17ClN4O2S/c1-25-14-7-4-5-12(9-14)10-16-22-23-18(26-16)21-17(24)20-11-13-6-2-3-8-15(13)19/h2-9H,10-11H2,1H3,(H2,20,21,23,24). The summed E-state index contributed by atoms with van der Waals surface area (Å²) >= 11 is 7.40. The van der Waals surface area contributed by atoms with Crippen LogP contribution in [0.15, 0.2) is 48.5 Å². The predicted octanol–water partition coefficient (Wildman–Crippen LogP) is 4.11. The number of hydrogen-bond donors (Lipinski definition) is 2. The van der Waals surface area contributed by atoms with Gasteiger partial charge in [0, 0.05) is 18.0 Å². The smallest absolute Gasteiger partial charge is 0.321 e. The Hall–Kier alpha value is -2.64. The molecule has 1 aromatic heterocycles. The molecule has 2 aromatic carbocycles. The molecule has 0 aliphatic carbocycles. The largest absolute Gasteiger partial charge is 0.497 e. The van der Waals surface area contributed by atoms with Crippen LogP contribution < -0.4 is 15.4 Å². The van der Waals surface area contributed by atoms with Gasteiger partial charge in [-0.3, -0.25) is 5.32 Å². The molecule has 0 fully saturated rings. The SMILES string of the molecule is COc1cccc(Cc2nnc(NC(=O)NCc3ccccc3Cl)s2)c1. The summed E-state index contributed by atoms with van der Waals surface area (Å²) in [6, 6.07) is 14.8. The zero-order chi connectivity index (χ0) is 18.4. The van der Waals surface area contributed by atoms with Crippen LogP contribution in [0.25, 0.3) is 0 Å². The minimum absolute atomic E-state index is 0.334. The van der Waals surface area contributed by atoms with Crippen molar-refractivity contribution in [1.82, 2.24) is 15.5 Å². The molecule has 0 atom stereocenters. The molecule has 3 rings (SSSR count). The van der Waals surface area contributed by atoms with Gasteiger partial charge < -0.3 is 10.1 Å². The molecule has 1 heterocycles. The van der Waals surface area contributed by atoms with Gasteiger partial charge in [-0.25, -0.2) is 4.79 Å². The maximum absolute atomic E-state index is 12.0. The van der Waals surface area contributed by atoms with Crippen molar-refractivity contribution < 1.29 is 9.53 Å². The number of hydrogen-bond acceptors (Lipinski definition) is 5. The maximum Gasteiger partial charge on any atom is 0.321 e. The fraction of sp³-hybridized carbons (Fsp3) is 0.167. The number of methoxy groups -OCH3 is 1. The van der Waals surface area contributed by atoms with Crippen LogP contribution in [-0.4, -0.2) is 23.3 Å². The van der Waals surface area contributed by atoms with Gasteiger partial charge in [-0.05, 0) is 29.3 Å². The zero-order valence-corrected chi connectivity index (χ0v) is 15.6. The summed E-state index contributed by atoms with van der Waals surface area (Å²) in [6.45, 7) is 0.334. The number of urea groups is 1. The highest BCUT2D eigenvalue weighted by molar-refractivity contribution is 7.15. The number of halogens is 1. The summed E-state index contributed by atoms with van der Waals surface area (Å²) in [5.41, 5.74) is 1.91. The molecule has 26 heavy (non-hydrogen) atoms. The Balaban J connectivity index is 1.54. The fourth-order valence-corrected chi connectivity index (χ4v) is 3.26. The lowest BCUT2D eigenvalue weighted by atomic mass is 10.1. The lowest BCUT2D eigenvalue weighted by molar-refractivity contribution is 0.251. The van der Waals surface area contributed by atoms with Crippen LogP contribution in [0.5, 0.6) is 5.75 Å². The van der Waals surface area contributed by atoms with Gasteiger partial charge in [0.05, 0.1) is 7.11 Å². The number of carbonyl (C=O) groups excluding carboxylic acids is 1. The molecule has 0 spiro atoms. The molecule has 0 saturated carbocycles. The first-order valence-corrected chi connectivity index (χ1v) is 9.07. The molecule has 2 N–H and O–H groups in total. The van der Waals surface area contributed by atoms with Crippen molar-refractivity contribution in [2.24, 2.45) is 0 Å². The van der Waals surface area contributed by atoms with Crippen LogP contribution in [-0.2, 0) is 13.0 Å². The summed E-state index contributed by atoms with van der Waals surface area (Å²) in [7, 11) is 1.63. The Labute approximate surface area is 160 Å². The van der Waals surface area contributed by atoms with E-state index in [4.69, 9.17) is 16.3 Å². The number of ether oxygens (including phenoxy) is 1. The van der Waals surface area contributed by atoms with Crippen molar-refractivity contribution in [3.8, 4) is 5.75 Å². The maximum atomic E-state index is 12.0. The molecule has 0 aliphatic heterocycles. The second-order valence-electron chi connectivity index (χ2n) is 5.43. The molecular weight excluding hydrogens is 372 g/mol. The van der Waals surface area contributed by atoms with Crippen LogP contribution in [0.4, 0.5) is 9.93 Å². The number of carbonyl (C=O) groups is 1. The molecule has 8 heteroatoms. The third kappa shape index (κ3) is 4.93. The van der Waals surface area contributed by atoms with Crippen LogP contribution in [0, 0.1) is 0 Å². The number of amides is 2. The van der Waals surface area contributed by atoms with E-state index in [0.717, 1.165) is 21.9 Å².